The first-order valence-electron chi connectivity index (χ1n) is 10.7. The van der Waals surface area contributed by atoms with Crippen LogP contribution in [0.15, 0.2) is 83.1 Å². The number of nitrogens with zero attached hydrogens (tertiary/aromatic N) is 4. The van der Waals surface area contributed by atoms with Gasteiger partial charge in [-0.2, -0.15) is 5.10 Å². The third-order valence-corrected chi connectivity index (χ3v) is 6.62. The van der Waals surface area contributed by atoms with E-state index in [1.807, 2.05) is 25.3 Å². The Labute approximate surface area is 198 Å². The summed E-state index contributed by atoms with van der Waals surface area (Å²) >= 11 is 5.92. The van der Waals surface area contributed by atoms with E-state index in [0.29, 0.717) is 11.6 Å². The number of aliphatic imine (C=N–C) groups is 1. The van der Waals surface area contributed by atoms with Gasteiger partial charge in [-0.05, 0) is 61.2 Å². The molecule has 4 rings (SSSR count). The summed E-state index contributed by atoms with van der Waals surface area (Å²) in [5, 5.41) is 5.20. The van der Waals surface area contributed by atoms with Gasteiger partial charge >= 0.3 is 0 Å². The van der Waals surface area contributed by atoms with Gasteiger partial charge in [-0.3, -0.25) is 9.98 Å². The van der Waals surface area contributed by atoms with E-state index < -0.39 is 10.0 Å². The molecule has 0 saturated carbocycles. The van der Waals surface area contributed by atoms with Crippen molar-refractivity contribution in [2.24, 2.45) is 4.99 Å². The van der Waals surface area contributed by atoms with Crippen molar-refractivity contribution in [3.8, 4) is 11.3 Å². The lowest BCUT2D eigenvalue weighted by Crippen LogP contribution is -2.36. The molecule has 0 radical (unpaired) electrons. The highest BCUT2D eigenvalue weighted by molar-refractivity contribution is 7.90. The number of sulfonamides is 1. The molecule has 0 amide bonds. The number of allylic oxidation sites excluding steroid dienone is 4. The van der Waals surface area contributed by atoms with Crippen molar-refractivity contribution >= 4 is 33.2 Å². The monoisotopic (exact) mass is 481 g/mol. The lowest BCUT2D eigenvalue weighted by atomic mass is 9.98. The number of rotatable bonds is 6. The van der Waals surface area contributed by atoms with Gasteiger partial charge in [0.25, 0.3) is 10.0 Å². The minimum atomic E-state index is -3.89. The van der Waals surface area contributed by atoms with E-state index in [4.69, 9.17) is 16.7 Å². The summed E-state index contributed by atoms with van der Waals surface area (Å²) in [4.78, 5) is 8.67. The van der Waals surface area contributed by atoms with Crippen molar-refractivity contribution in [2.45, 2.75) is 31.1 Å². The third-order valence-electron chi connectivity index (χ3n) is 5.03. The second kappa shape index (κ2) is 10.1. The van der Waals surface area contributed by atoms with E-state index in [2.05, 4.69) is 32.9 Å². The highest BCUT2D eigenvalue weighted by Crippen LogP contribution is 2.30. The van der Waals surface area contributed by atoms with Crippen molar-refractivity contribution in [2.75, 3.05) is 6.54 Å². The highest BCUT2D eigenvalue weighted by atomic mass is 35.5. The molecule has 0 spiro atoms. The topological polar surface area (TPSA) is 89.2 Å². The standard InChI is InChI=1S/C24H24ClN5O2S/c1-2-14-27-24(29-33(31,32)21-10-8-20(25)9-11-21)30-17-22(18-6-4-3-5-7-18)23(28-30)19-12-15-26-16-13-19/h4,6-13,15-17H,2-3,5,14H2,1H3,(H,27,29). The molecule has 0 bridgehead atoms. The van der Waals surface area contributed by atoms with Crippen molar-refractivity contribution in [1.82, 2.24) is 19.5 Å². The SMILES string of the molecule is CCCN=C(NS(=O)(=O)c1ccc(Cl)cc1)n1cc(C2=CCCC=C2)c(-c2ccncc2)n1. The average Bonchev–Trinajstić information content (AvgIpc) is 3.29. The van der Waals surface area contributed by atoms with Crippen LogP contribution in [0.4, 0.5) is 0 Å². The molecule has 33 heavy (non-hydrogen) atoms. The van der Waals surface area contributed by atoms with Crippen LogP contribution in [0.1, 0.15) is 31.7 Å². The van der Waals surface area contributed by atoms with Crippen molar-refractivity contribution in [3.63, 3.8) is 0 Å². The van der Waals surface area contributed by atoms with E-state index in [1.54, 1.807) is 12.4 Å². The lowest BCUT2D eigenvalue weighted by Gasteiger charge is -2.11. The van der Waals surface area contributed by atoms with Crippen molar-refractivity contribution in [3.05, 3.63) is 83.8 Å². The van der Waals surface area contributed by atoms with Gasteiger partial charge in [0.15, 0.2) is 0 Å². The molecule has 1 aliphatic rings. The van der Waals surface area contributed by atoms with E-state index in [0.717, 1.165) is 41.7 Å². The van der Waals surface area contributed by atoms with Crippen LogP contribution >= 0.6 is 11.6 Å². The van der Waals surface area contributed by atoms with Gasteiger partial charge in [-0.1, -0.05) is 36.8 Å². The summed E-state index contributed by atoms with van der Waals surface area (Å²) in [6.07, 6.45) is 14.3. The summed E-state index contributed by atoms with van der Waals surface area (Å²) < 4.78 is 30.2. The predicted molar refractivity (Wildman–Crippen MR) is 132 cm³/mol. The Morgan fingerprint density at radius 1 is 1.15 bits per heavy atom. The van der Waals surface area contributed by atoms with E-state index in [-0.39, 0.29) is 10.9 Å². The highest BCUT2D eigenvalue weighted by Gasteiger charge is 2.21. The molecule has 2 aromatic heterocycles. The first-order valence-corrected chi connectivity index (χ1v) is 12.5. The quantitative estimate of drug-likeness (QED) is 0.399. The molecule has 0 aliphatic heterocycles. The molecule has 9 heteroatoms. The fourth-order valence-corrected chi connectivity index (χ4v) is 4.53. The molecular weight excluding hydrogens is 458 g/mol. The zero-order chi connectivity index (χ0) is 23.3. The second-order valence-electron chi connectivity index (χ2n) is 7.48. The minimum Gasteiger partial charge on any atom is -0.265 e. The van der Waals surface area contributed by atoms with E-state index >= 15 is 0 Å². The van der Waals surface area contributed by atoms with Gasteiger partial charge in [0.1, 0.15) is 5.69 Å². The van der Waals surface area contributed by atoms with Gasteiger partial charge in [0.2, 0.25) is 5.96 Å². The van der Waals surface area contributed by atoms with Gasteiger partial charge in [0, 0.05) is 41.3 Å². The van der Waals surface area contributed by atoms with Crippen LogP contribution in [0.5, 0.6) is 0 Å². The maximum atomic E-state index is 13.0. The number of halogens is 1. The minimum absolute atomic E-state index is 0.0933. The number of benzene rings is 1. The second-order valence-corrected chi connectivity index (χ2v) is 9.59. The Balaban J connectivity index is 1.78. The maximum Gasteiger partial charge on any atom is 0.264 e. The summed E-state index contributed by atoms with van der Waals surface area (Å²) in [5.74, 6) is 0.133. The van der Waals surface area contributed by atoms with Crippen LogP contribution < -0.4 is 4.72 Å². The smallest absolute Gasteiger partial charge is 0.264 e. The molecule has 0 unspecified atom stereocenters. The Bertz CT molecular complexity index is 1310. The maximum absolute atomic E-state index is 13.0. The molecule has 0 saturated heterocycles. The van der Waals surface area contributed by atoms with Crippen LogP contribution in [-0.2, 0) is 10.0 Å². The summed E-state index contributed by atoms with van der Waals surface area (Å²) in [6.45, 7) is 2.42. The Hall–Kier alpha value is -3.23. The summed E-state index contributed by atoms with van der Waals surface area (Å²) in [6, 6.07) is 9.74. The third kappa shape index (κ3) is 5.40. The molecule has 1 aromatic carbocycles. The first-order chi connectivity index (χ1) is 16.0. The van der Waals surface area contributed by atoms with Gasteiger partial charge in [-0.15, -0.1) is 0 Å². The fraction of sp³-hybridized carbons (Fsp3) is 0.208. The molecule has 2 heterocycles. The largest absolute Gasteiger partial charge is 0.265 e. The normalized spacial score (nSPS) is 14.2. The predicted octanol–water partition coefficient (Wildman–Crippen LogP) is 4.92. The van der Waals surface area contributed by atoms with Crippen LogP contribution in [0.2, 0.25) is 5.02 Å². The molecule has 0 atom stereocenters. The number of nitrogens with one attached hydrogen (secondary N) is 1. The van der Waals surface area contributed by atoms with Crippen molar-refractivity contribution in [1.29, 1.82) is 0 Å². The molecule has 7 nitrogen and oxygen atoms in total. The van der Waals surface area contributed by atoms with Gasteiger partial charge in [-0.25, -0.2) is 17.8 Å². The Morgan fingerprint density at radius 3 is 2.58 bits per heavy atom. The Kier molecular flexibility index (Phi) is 7.05. The number of aromatic nitrogens is 3. The first kappa shape index (κ1) is 22.9. The van der Waals surface area contributed by atoms with Crippen LogP contribution in [0, 0.1) is 0 Å². The number of pyridine rings is 1. The van der Waals surface area contributed by atoms with Gasteiger partial charge < -0.3 is 0 Å². The average molecular weight is 482 g/mol. The molecule has 170 valence electrons. The molecule has 0 fully saturated rings. The van der Waals surface area contributed by atoms with Crippen LogP contribution in [0.3, 0.4) is 0 Å². The van der Waals surface area contributed by atoms with Crippen LogP contribution in [0.25, 0.3) is 16.8 Å². The Morgan fingerprint density at radius 2 is 1.91 bits per heavy atom. The number of hydrogen-bond acceptors (Lipinski definition) is 5. The zero-order valence-electron chi connectivity index (χ0n) is 18.1. The molecule has 1 N–H and O–H groups in total. The fourth-order valence-electron chi connectivity index (χ4n) is 3.39. The molecular formula is C24H24ClN5O2S. The summed E-state index contributed by atoms with van der Waals surface area (Å²) in [7, 11) is -3.89. The molecule has 1 aliphatic carbocycles. The van der Waals surface area contributed by atoms with E-state index in [9.17, 15) is 8.42 Å². The van der Waals surface area contributed by atoms with Crippen LogP contribution in [-0.4, -0.2) is 35.7 Å². The number of hydrogen-bond donors (Lipinski definition) is 1. The van der Waals surface area contributed by atoms with E-state index in [1.165, 1.54) is 28.9 Å². The zero-order valence-corrected chi connectivity index (χ0v) is 19.7. The summed E-state index contributed by atoms with van der Waals surface area (Å²) in [5.41, 5.74) is 3.54. The van der Waals surface area contributed by atoms with Gasteiger partial charge in [0.05, 0.1) is 4.90 Å². The molecule has 3 aromatic rings. The van der Waals surface area contributed by atoms with Crippen molar-refractivity contribution < 1.29 is 8.42 Å². The lowest BCUT2D eigenvalue weighted by molar-refractivity contribution is 0.591.